The van der Waals surface area contributed by atoms with Crippen LogP contribution in [-0.2, 0) is 4.74 Å². The van der Waals surface area contributed by atoms with Crippen LogP contribution in [0.15, 0.2) is 12.1 Å². The third kappa shape index (κ3) is 2.30. The molecular weight excluding hydrogens is 232 g/mol. The van der Waals surface area contributed by atoms with Crippen LogP contribution in [0.2, 0.25) is 0 Å². The van der Waals surface area contributed by atoms with Crippen LogP contribution >= 0.6 is 22.9 Å². The Labute approximate surface area is 99.2 Å². The number of hydrogen-bond acceptors (Lipinski definition) is 3. The van der Waals surface area contributed by atoms with E-state index in [1.54, 1.807) is 18.4 Å². The molecule has 2 heterocycles. The second-order valence-corrected chi connectivity index (χ2v) is 5.34. The quantitative estimate of drug-likeness (QED) is 0.761. The van der Waals surface area contributed by atoms with Gasteiger partial charge in [-0.15, -0.1) is 22.9 Å². The zero-order valence-electron chi connectivity index (χ0n) is 8.90. The average molecular weight is 247 g/mol. The molecule has 0 aromatic carbocycles. The number of alkyl halides is 1. The zero-order valence-corrected chi connectivity index (χ0v) is 10.5. The second kappa shape index (κ2) is 4.73. The van der Waals surface area contributed by atoms with Crippen LogP contribution in [0.5, 0.6) is 5.06 Å². The fraction of sp³-hybridized carbons (Fsp3) is 0.636. The predicted molar refractivity (Wildman–Crippen MR) is 63.0 cm³/mol. The van der Waals surface area contributed by atoms with E-state index < -0.39 is 0 Å². The molecule has 1 aliphatic rings. The highest BCUT2D eigenvalue weighted by Crippen LogP contribution is 2.42. The van der Waals surface area contributed by atoms with Gasteiger partial charge < -0.3 is 9.47 Å². The molecule has 15 heavy (non-hydrogen) atoms. The van der Waals surface area contributed by atoms with Crippen LogP contribution in [0.3, 0.4) is 0 Å². The van der Waals surface area contributed by atoms with Gasteiger partial charge in [-0.1, -0.05) is 0 Å². The lowest BCUT2D eigenvalue weighted by Crippen LogP contribution is -2.15. The maximum absolute atomic E-state index is 6.45. The van der Waals surface area contributed by atoms with Gasteiger partial charge in [0.25, 0.3) is 0 Å². The van der Waals surface area contributed by atoms with Crippen molar-refractivity contribution in [1.29, 1.82) is 0 Å². The average Bonchev–Trinajstić information content (AvgIpc) is 2.84. The van der Waals surface area contributed by atoms with E-state index in [1.807, 2.05) is 12.1 Å². The molecular formula is C11H15ClO2S. The summed E-state index contributed by atoms with van der Waals surface area (Å²) in [7, 11) is 1.68. The Morgan fingerprint density at radius 3 is 2.93 bits per heavy atom. The molecule has 3 unspecified atom stereocenters. The fourth-order valence-electron chi connectivity index (χ4n) is 1.94. The van der Waals surface area contributed by atoms with Crippen molar-refractivity contribution in [3.05, 3.63) is 17.0 Å². The fourth-order valence-corrected chi connectivity index (χ4v) is 3.35. The summed E-state index contributed by atoms with van der Waals surface area (Å²) < 4.78 is 10.7. The Balaban J connectivity index is 2.09. The smallest absolute Gasteiger partial charge is 0.173 e. The summed E-state index contributed by atoms with van der Waals surface area (Å²) in [5.74, 6) is 0.426. The maximum Gasteiger partial charge on any atom is 0.173 e. The minimum atomic E-state index is 0.0522. The highest BCUT2D eigenvalue weighted by molar-refractivity contribution is 7.14. The standard InChI is InChI=1S/C11H15ClO2S/c1-7-8(5-6-14-7)11(12)9-3-4-10(13-2)15-9/h3-4,7-8,11H,5-6H2,1-2H3. The molecule has 84 valence electrons. The molecule has 3 atom stereocenters. The number of rotatable bonds is 3. The van der Waals surface area contributed by atoms with Gasteiger partial charge in [-0.25, -0.2) is 0 Å². The van der Waals surface area contributed by atoms with Crippen LogP contribution in [0.4, 0.5) is 0 Å². The molecule has 2 rings (SSSR count). The minimum Gasteiger partial charge on any atom is -0.487 e. The van der Waals surface area contributed by atoms with Crippen molar-refractivity contribution in [3.63, 3.8) is 0 Å². The largest absolute Gasteiger partial charge is 0.487 e. The second-order valence-electron chi connectivity index (χ2n) is 3.79. The van der Waals surface area contributed by atoms with Crippen molar-refractivity contribution in [2.75, 3.05) is 13.7 Å². The Morgan fingerprint density at radius 1 is 1.60 bits per heavy atom. The molecule has 4 heteroatoms. The first-order valence-corrected chi connectivity index (χ1v) is 6.37. The normalized spacial score (nSPS) is 27.9. The lowest BCUT2D eigenvalue weighted by atomic mass is 9.97. The van der Waals surface area contributed by atoms with Crippen molar-refractivity contribution in [3.8, 4) is 5.06 Å². The Kier molecular flexibility index (Phi) is 3.54. The molecule has 0 spiro atoms. The molecule has 0 saturated carbocycles. The molecule has 1 aromatic heterocycles. The zero-order chi connectivity index (χ0) is 10.8. The van der Waals surface area contributed by atoms with Crippen molar-refractivity contribution < 1.29 is 9.47 Å². The topological polar surface area (TPSA) is 18.5 Å². The van der Waals surface area contributed by atoms with Crippen molar-refractivity contribution in [2.45, 2.75) is 24.8 Å². The summed E-state index contributed by atoms with van der Waals surface area (Å²) in [5.41, 5.74) is 0. The van der Waals surface area contributed by atoms with Gasteiger partial charge in [0.15, 0.2) is 5.06 Å². The molecule has 1 saturated heterocycles. The Bertz CT molecular complexity index is 326. The summed E-state index contributed by atoms with van der Waals surface area (Å²) in [5, 5.41) is 0.971. The molecule has 0 radical (unpaired) electrons. The summed E-state index contributed by atoms with van der Waals surface area (Å²) in [6, 6.07) is 4.02. The van der Waals surface area contributed by atoms with Crippen molar-refractivity contribution in [1.82, 2.24) is 0 Å². The van der Waals surface area contributed by atoms with E-state index in [0.717, 1.165) is 18.1 Å². The number of thiophene rings is 1. The van der Waals surface area contributed by atoms with Gasteiger partial charge in [0.2, 0.25) is 0 Å². The van der Waals surface area contributed by atoms with E-state index in [1.165, 1.54) is 4.88 Å². The first-order chi connectivity index (χ1) is 7.22. The van der Waals surface area contributed by atoms with Gasteiger partial charge in [-0.05, 0) is 25.5 Å². The van der Waals surface area contributed by atoms with Crippen molar-refractivity contribution >= 4 is 22.9 Å². The van der Waals surface area contributed by atoms with Gasteiger partial charge >= 0.3 is 0 Å². The van der Waals surface area contributed by atoms with Crippen molar-refractivity contribution in [2.24, 2.45) is 5.92 Å². The van der Waals surface area contributed by atoms with Gasteiger partial charge in [0.05, 0.1) is 18.6 Å². The maximum atomic E-state index is 6.45. The predicted octanol–water partition coefficient (Wildman–Crippen LogP) is 3.46. The van der Waals surface area contributed by atoms with E-state index >= 15 is 0 Å². The highest BCUT2D eigenvalue weighted by Gasteiger charge is 2.32. The first kappa shape index (κ1) is 11.2. The van der Waals surface area contributed by atoms with Gasteiger partial charge in [-0.2, -0.15) is 0 Å². The number of hydrogen-bond donors (Lipinski definition) is 0. The van der Waals surface area contributed by atoms with E-state index in [4.69, 9.17) is 21.1 Å². The molecule has 2 nitrogen and oxygen atoms in total. The SMILES string of the molecule is COc1ccc(C(Cl)C2CCOC2C)s1. The summed E-state index contributed by atoms with van der Waals surface area (Å²) in [6.07, 6.45) is 1.32. The lowest BCUT2D eigenvalue weighted by molar-refractivity contribution is 0.105. The molecule has 1 aliphatic heterocycles. The Morgan fingerprint density at radius 2 is 2.40 bits per heavy atom. The van der Waals surface area contributed by atoms with Gasteiger partial charge in [0, 0.05) is 17.4 Å². The third-order valence-electron chi connectivity index (χ3n) is 2.89. The summed E-state index contributed by atoms with van der Waals surface area (Å²) >= 11 is 8.07. The first-order valence-electron chi connectivity index (χ1n) is 5.11. The van der Waals surface area contributed by atoms with E-state index in [2.05, 4.69) is 6.92 Å². The lowest BCUT2D eigenvalue weighted by Gasteiger charge is -2.18. The third-order valence-corrected chi connectivity index (χ3v) is 4.70. The van der Waals surface area contributed by atoms with Gasteiger partial charge in [0.1, 0.15) is 0 Å². The molecule has 0 amide bonds. The van der Waals surface area contributed by atoms with Crippen LogP contribution in [0.1, 0.15) is 23.6 Å². The van der Waals surface area contributed by atoms with Crippen LogP contribution < -0.4 is 4.74 Å². The highest BCUT2D eigenvalue weighted by atomic mass is 35.5. The molecule has 0 aliphatic carbocycles. The van der Waals surface area contributed by atoms with E-state index in [-0.39, 0.29) is 11.5 Å². The summed E-state index contributed by atoms with van der Waals surface area (Å²) in [6.45, 7) is 2.93. The Hall–Kier alpha value is -0.250. The van der Waals surface area contributed by atoms with E-state index in [9.17, 15) is 0 Å². The molecule has 0 N–H and O–H groups in total. The summed E-state index contributed by atoms with van der Waals surface area (Å²) in [4.78, 5) is 1.18. The molecule has 0 bridgehead atoms. The number of methoxy groups -OCH3 is 1. The van der Waals surface area contributed by atoms with Crippen LogP contribution in [-0.4, -0.2) is 19.8 Å². The van der Waals surface area contributed by atoms with Gasteiger partial charge in [-0.3, -0.25) is 0 Å². The minimum absolute atomic E-state index is 0.0522. The molecule has 1 fully saturated rings. The number of ether oxygens (including phenoxy) is 2. The monoisotopic (exact) mass is 246 g/mol. The van der Waals surface area contributed by atoms with Crippen LogP contribution in [0.25, 0.3) is 0 Å². The molecule has 1 aromatic rings. The number of halogens is 1. The van der Waals surface area contributed by atoms with Crippen LogP contribution in [0, 0.1) is 5.92 Å². The van der Waals surface area contributed by atoms with E-state index in [0.29, 0.717) is 5.92 Å².